The van der Waals surface area contributed by atoms with Gasteiger partial charge in [-0.2, -0.15) is 4.99 Å². The van der Waals surface area contributed by atoms with Crippen molar-refractivity contribution in [3.8, 4) is 0 Å². The van der Waals surface area contributed by atoms with Crippen LogP contribution in [0, 0.1) is 18.8 Å². The van der Waals surface area contributed by atoms with Gasteiger partial charge in [0.25, 0.3) is 11.8 Å². The van der Waals surface area contributed by atoms with Gasteiger partial charge in [0, 0.05) is 44.1 Å². The van der Waals surface area contributed by atoms with Crippen LogP contribution in [0.1, 0.15) is 23.2 Å². The number of rotatable bonds is 1. The molecule has 8 nitrogen and oxygen atoms in total. The topological polar surface area (TPSA) is 91.4 Å². The van der Waals surface area contributed by atoms with Gasteiger partial charge in [0.1, 0.15) is 5.76 Å². The fourth-order valence-corrected chi connectivity index (χ4v) is 3.67. The summed E-state index contributed by atoms with van der Waals surface area (Å²) in [5, 5.41) is 3.78. The van der Waals surface area contributed by atoms with Gasteiger partial charge in [0.2, 0.25) is 12.1 Å². The van der Waals surface area contributed by atoms with Gasteiger partial charge in [-0.15, -0.1) is 0 Å². The van der Waals surface area contributed by atoms with Crippen molar-refractivity contribution in [3.63, 3.8) is 0 Å². The van der Waals surface area contributed by atoms with Crippen molar-refractivity contribution in [3.05, 3.63) is 17.5 Å². The first-order chi connectivity index (χ1) is 11.9. The van der Waals surface area contributed by atoms with Gasteiger partial charge in [-0.3, -0.25) is 9.59 Å². The molecule has 0 saturated carbocycles. The molecule has 4 heterocycles. The standard InChI is InChI=1S/C16H18FN5O3/c1-8-3-12(20-25-8)15(24)21-4-10-6-22(7-11(10)5-21)16-18-9(2)13(17)14(23)19-16/h3,10-11,13H,4-7H2,1-2H3. The van der Waals surface area contributed by atoms with E-state index in [1.807, 2.05) is 4.90 Å². The van der Waals surface area contributed by atoms with Crippen molar-refractivity contribution in [2.45, 2.75) is 20.0 Å². The van der Waals surface area contributed by atoms with Gasteiger partial charge < -0.3 is 14.3 Å². The largest absolute Gasteiger partial charge is 0.361 e. The first-order valence-corrected chi connectivity index (χ1v) is 8.21. The van der Waals surface area contributed by atoms with Crippen LogP contribution < -0.4 is 0 Å². The van der Waals surface area contributed by atoms with Gasteiger partial charge in [-0.1, -0.05) is 5.16 Å². The molecule has 2 fully saturated rings. The van der Waals surface area contributed by atoms with E-state index < -0.39 is 12.1 Å². The maximum absolute atomic E-state index is 13.5. The molecule has 0 spiro atoms. The highest BCUT2D eigenvalue weighted by molar-refractivity contribution is 6.16. The first-order valence-electron chi connectivity index (χ1n) is 8.21. The molecule has 3 aliphatic rings. The summed E-state index contributed by atoms with van der Waals surface area (Å²) >= 11 is 0. The summed E-state index contributed by atoms with van der Waals surface area (Å²) < 4.78 is 18.5. The summed E-state index contributed by atoms with van der Waals surface area (Å²) in [6.45, 7) is 5.76. The molecule has 0 bridgehead atoms. The second-order valence-corrected chi connectivity index (χ2v) is 6.82. The van der Waals surface area contributed by atoms with Crippen LogP contribution >= 0.6 is 0 Å². The molecule has 3 atom stereocenters. The van der Waals surface area contributed by atoms with Crippen molar-refractivity contribution < 1.29 is 18.5 Å². The average molecular weight is 347 g/mol. The number of alkyl halides is 1. The maximum atomic E-state index is 13.5. The minimum absolute atomic E-state index is 0.128. The number of aliphatic imine (C=N–C) groups is 2. The fourth-order valence-electron chi connectivity index (χ4n) is 3.67. The number of guanidine groups is 1. The monoisotopic (exact) mass is 347 g/mol. The van der Waals surface area contributed by atoms with Crippen LogP contribution in [0.25, 0.3) is 0 Å². The second kappa shape index (κ2) is 5.75. The third-order valence-corrected chi connectivity index (χ3v) is 4.97. The lowest BCUT2D eigenvalue weighted by Crippen LogP contribution is -2.38. The SMILES string of the molecule is CC1=NC(N2CC3CN(C(=O)c4cc(C)on4)CC3C2)=NC(=O)C1F. The molecule has 25 heavy (non-hydrogen) atoms. The van der Waals surface area contributed by atoms with E-state index in [9.17, 15) is 14.0 Å². The summed E-state index contributed by atoms with van der Waals surface area (Å²) in [6.07, 6.45) is -1.73. The molecule has 0 radical (unpaired) electrons. The molecule has 0 aliphatic carbocycles. The van der Waals surface area contributed by atoms with Gasteiger partial charge >= 0.3 is 0 Å². The number of hydrogen-bond donors (Lipinski definition) is 0. The number of aromatic nitrogens is 1. The Hall–Kier alpha value is -2.58. The summed E-state index contributed by atoms with van der Waals surface area (Å²) in [6, 6.07) is 1.63. The molecule has 4 rings (SSSR count). The van der Waals surface area contributed by atoms with E-state index in [4.69, 9.17) is 4.52 Å². The third-order valence-electron chi connectivity index (χ3n) is 4.97. The highest BCUT2D eigenvalue weighted by Gasteiger charge is 2.44. The molecular formula is C16H18FN5O3. The van der Waals surface area contributed by atoms with E-state index in [-0.39, 0.29) is 29.4 Å². The summed E-state index contributed by atoms with van der Waals surface area (Å²) in [5.41, 5.74) is 0.469. The third kappa shape index (κ3) is 2.73. The number of carbonyl (C=O) groups excluding carboxylic acids is 2. The van der Waals surface area contributed by atoms with E-state index >= 15 is 0 Å². The van der Waals surface area contributed by atoms with E-state index in [1.165, 1.54) is 6.92 Å². The Bertz CT molecular complexity index is 787. The number of aryl methyl sites for hydroxylation is 1. The van der Waals surface area contributed by atoms with E-state index in [0.29, 0.717) is 37.6 Å². The highest BCUT2D eigenvalue weighted by atomic mass is 19.1. The van der Waals surface area contributed by atoms with Crippen molar-refractivity contribution in [1.29, 1.82) is 0 Å². The Morgan fingerprint density at radius 1 is 1.20 bits per heavy atom. The highest BCUT2D eigenvalue weighted by Crippen LogP contribution is 2.32. The normalized spacial score (nSPS) is 28.9. The Morgan fingerprint density at radius 3 is 2.44 bits per heavy atom. The average Bonchev–Trinajstić information content (AvgIpc) is 3.25. The second-order valence-electron chi connectivity index (χ2n) is 6.82. The van der Waals surface area contributed by atoms with Crippen LogP contribution in [0.5, 0.6) is 0 Å². The van der Waals surface area contributed by atoms with Crippen molar-refractivity contribution in [2.24, 2.45) is 21.8 Å². The quantitative estimate of drug-likeness (QED) is 0.745. The zero-order valence-electron chi connectivity index (χ0n) is 14.0. The van der Waals surface area contributed by atoms with E-state index in [0.717, 1.165) is 0 Å². The van der Waals surface area contributed by atoms with Crippen LogP contribution in [-0.4, -0.2) is 70.8 Å². The van der Waals surface area contributed by atoms with Crippen molar-refractivity contribution in [2.75, 3.05) is 26.2 Å². The smallest absolute Gasteiger partial charge is 0.289 e. The molecule has 132 valence electrons. The van der Waals surface area contributed by atoms with Gasteiger partial charge in [-0.05, 0) is 13.8 Å². The van der Waals surface area contributed by atoms with Gasteiger partial charge in [0.15, 0.2) is 5.69 Å². The Labute approximate surface area is 143 Å². The number of halogens is 1. The molecule has 2 saturated heterocycles. The molecule has 3 unspecified atom stereocenters. The van der Waals surface area contributed by atoms with E-state index in [2.05, 4.69) is 15.1 Å². The molecule has 2 amide bonds. The van der Waals surface area contributed by atoms with Gasteiger partial charge in [0.05, 0.1) is 5.71 Å². The van der Waals surface area contributed by atoms with Crippen LogP contribution in [0.4, 0.5) is 4.39 Å². The van der Waals surface area contributed by atoms with Crippen molar-refractivity contribution >= 4 is 23.5 Å². The van der Waals surface area contributed by atoms with Crippen molar-refractivity contribution in [1.82, 2.24) is 15.0 Å². The molecule has 0 aromatic carbocycles. The lowest BCUT2D eigenvalue weighted by Gasteiger charge is -2.23. The summed E-state index contributed by atoms with van der Waals surface area (Å²) in [4.78, 5) is 35.6. The van der Waals surface area contributed by atoms with E-state index in [1.54, 1.807) is 17.9 Å². The molecule has 1 aromatic heterocycles. The Balaban J connectivity index is 1.42. The number of carbonyl (C=O) groups is 2. The van der Waals surface area contributed by atoms with Crippen LogP contribution in [0.15, 0.2) is 20.6 Å². The lowest BCUT2D eigenvalue weighted by atomic mass is 10.0. The molecule has 1 aromatic rings. The predicted molar refractivity (Wildman–Crippen MR) is 86.1 cm³/mol. The summed E-state index contributed by atoms with van der Waals surface area (Å²) in [5.74, 6) is 0.515. The fraction of sp³-hybridized carbons (Fsp3) is 0.562. The molecule has 0 N–H and O–H groups in total. The minimum atomic E-state index is -1.73. The number of likely N-dealkylation sites (tertiary alicyclic amines) is 2. The minimum Gasteiger partial charge on any atom is -0.361 e. The number of nitrogens with zero attached hydrogens (tertiary/aromatic N) is 5. The molecular weight excluding hydrogens is 329 g/mol. The molecule has 9 heteroatoms. The van der Waals surface area contributed by atoms with Gasteiger partial charge in [-0.25, -0.2) is 9.38 Å². The maximum Gasteiger partial charge on any atom is 0.289 e. The number of amides is 2. The molecule has 3 aliphatic heterocycles. The van der Waals surface area contributed by atoms with Crippen LogP contribution in [0.3, 0.4) is 0 Å². The first kappa shape index (κ1) is 15.9. The Morgan fingerprint density at radius 2 is 1.88 bits per heavy atom. The zero-order chi connectivity index (χ0) is 17.7. The van der Waals surface area contributed by atoms with Crippen LogP contribution in [0.2, 0.25) is 0 Å². The summed E-state index contributed by atoms with van der Waals surface area (Å²) in [7, 11) is 0. The van der Waals surface area contributed by atoms with Crippen LogP contribution in [-0.2, 0) is 4.79 Å². The predicted octanol–water partition coefficient (Wildman–Crippen LogP) is 0.682. The Kier molecular flexibility index (Phi) is 3.66. The number of fused-ring (bicyclic) bond motifs is 1. The zero-order valence-corrected chi connectivity index (χ0v) is 14.0. The lowest BCUT2D eigenvalue weighted by molar-refractivity contribution is -0.120. The number of hydrogen-bond acceptors (Lipinski definition) is 6.